The average Bonchev–Trinajstić information content (AvgIpc) is 3.34. The van der Waals surface area contributed by atoms with Gasteiger partial charge in [-0.15, -0.1) is 0 Å². The predicted octanol–water partition coefficient (Wildman–Crippen LogP) is 1.42. The number of likely N-dealkylation sites (tertiary alicyclic amines) is 1. The first kappa shape index (κ1) is 16.1. The summed E-state index contributed by atoms with van der Waals surface area (Å²) < 4.78 is 7.33. The molecular formula is C18H23N5O2. The number of nitrogens with zero attached hydrogens (tertiary/aromatic N) is 5. The number of morpholine rings is 1. The van der Waals surface area contributed by atoms with Crippen LogP contribution >= 0.6 is 0 Å². The van der Waals surface area contributed by atoms with Gasteiger partial charge in [-0.25, -0.2) is 4.98 Å². The van der Waals surface area contributed by atoms with E-state index in [1.54, 1.807) is 12.4 Å². The summed E-state index contributed by atoms with van der Waals surface area (Å²) in [7, 11) is 0. The van der Waals surface area contributed by atoms with Crippen molar-refractivity contribution in [1.29, 1.82) is 0 Å². The summed E-state index contributed by atoms with van der Waals surface area (Å²) in [5.74, 6) is 0.852. The monoisotopic (exact) mass is 341 g/mol. The number of carbonyl (C=O) groups excluding carboxylic acids is 1. The van der Waals surface area contributed by atoms with E-state index in [-0.39, 0.29) is 11.9 Å². The summed E-state index contributed by atoms with van der Waals surface area (Å²) in [6.45, 7) is 4.43. The number of carbonyl (C=O) groups is 1. The summed E-state index contributed by atoms with van der Waals surface area (Å²) in [5, 5.41) is 4.28. The molecule has 7 nitrogen and oxygen atoms in total. The Bertz CT molecular complexity index is 712. The summed E-state index contributed by atoms with van der Waals surface area (Å²) >= 11 is 0. The van der Waals surface area contributed by atoms with Crippen LogP contribution in [-0.4, -0.2) is 64.5 Å². The highest BCUT2D eigenvalue weighted by Crippen LogP contribution is 2.25. The van der Waals surface area contributed by atoms with E-state index in [2.05, 4.69) is 15.0 Å². The van der Waals surface area contributed by atoms with Gasteiger partial charge in [-0.05, 0) is 31.0 Å². The van der Waals surface area contributed by atoms with E-state index in [1.807, 2.05) is 34.0 Å². The molecule has 132 valence electrons. The molecule has 2 fully saturated rings. The van der Waals surface area contributed by atoms with Crippen LogP contribution in [0.1, 0.15) is 23.2 Å². The van der Waals surface area contributed by atoms with E-state index in [4.69, 9.17) is 4.74 Å². The molecule has 2 aromatic rings. The zero-order chi connectivity index (χ0) is 17.1. The third-order valence-electron chi connectivity index (χ3n) is 4.92. The zero-order valence-electron chi connectivity index (χ0n) is 14.3. The molecular weight excluding hydrogens is 318 g/mol. The molecule has 4 heterocycles. The third-order valence-corrected chi connectivity index (χ3v) is 4.92. The highest BCUT2D eigenvalue weighted by atomic mass is 16.5. The minimum Gasteiger partial charge on any atom is -0.378 e. The topological polar surface area (TPSA) is 63.5 Å². The quantitative estimate of drug-likeness (QED) is 0.842. The Morgan fingerprint density at radius 1 is 1.20 bits per heavy atom. The van der Waals surface area contributed by atoms with Gasteiger partial charge in [0.2, 0.25) is 0 Å². The fourth-order valence-corrected chi connectivity index (χ4v) is 3.66. The molecule has 0 saturated carbocycles. The van der Waals surface area contributed by atoms with E-state index < -0.39 is 0 Å². The van der Waals surface area contributed by atoms with Crippen LogP contribution in [0, 0.1) is 0 Å². The molecule has 1 atom stereocenters. The number of aromatic nitrogens is 3. The lowest BCUT2D eigenvalue weighted by Crippen LogP contribution is -2.41. The summed E-state index contributed by atoms with van der Waals surface area (Å²) in [5.41, 5.74) is 0.691. The van der Waals surface area contributed by atoms with E-state index in [0.29, 0.717) is 18.8 Å². The Morgan fingerprint density at radius 3 is 2.88 bits per heavy atom. The van der Waals surface area contributed by atoms with Crippen LogP contribution in [0.2, 0.25) is 0 Å². The highest BCUT2D eigenvalue weighted by Gasteiger charge is 2.32. The molecule has 2 aliphatic rings. The first-order valence-corrected chi connectivity index (χ1v) is 8.89. The van der Waals surface area contributed by atoms with E-state index in [1.165, 1.54) is 0 Å². The normalized spacial score (nSPS) is 20.9. The standard InChI is InChI=1S/C18H23N5O2/c24-18(23-9-2-4-15(23)14-22-8-3-7-20-22)16-5-1-6-19-17(16)21-10-12-25-13-11-21/h1,3,5-8,15H,2,4,9-14H2/t15-/m1/s1. The van der Waals surface area contributed by atoms with Gasteiger partial charge in [-0.1, -0.05) is 0 Å². The van der Waals surface area contributed by atoms with Crippen molar-refractivity contribution in [2.45, 2.75) is 25.4 Å². The van der Waals surface area contributed by atoms with Gasteiger partial charge in [0.05, 0.1) is 31.4 Å². The van der Waals surface area contributed by atoms with Crippen LogP contribution in [0.5, 0.6) is 0 Å². The third kappa shape index (κ3) is 3.37. The molecule has 0 unspecified atom stereocenters. The molecule has 0 bridgehead atoms. The van der Waals surface area contributed by atoms with E-state index in [9.17, 15) is 4.79 Å². The zero-order valence-corrected chi connectivity index (χ0v) is 14.3. The van der Waals surface area contributed by atoms with Crippen molar-refractivity contribution in [3.05, 3.63) is 42.4 Å². The smallest absolute Gasteiger partial charge is 0.257 e. The van der Waals surface area contributed by atoms with Crippen molar-refractivity contribution in [2.24, 2.45) is 0 Å². The van der Waals surface area contributed by atoms with Gasteiger partial charge in [0, 0.05) is 38.2 Å². The molecule has 7 heteroatoms. The molecule has 0 N–H and O–H groups in total. The fraction of sp³-hybridized carbons (Fsp3) is 0.500. The number of rotatable bonds is 4. The van der Waals surface area contributed by atoms with Crippen LogP contribution in [0.3, 0.4) is 0 Å². The van der Waals surface area contributed by atoms with Crippen molar-refractivity contribution < 1.29 is 9.53 Å². The average molecular weight is 341 g/mol. The minimum atomic E-state index is 0.0734. The first-order valence-electron chi connectivity index (χ1n) is 8.89. The maximum absolute atomic E-state index is 13.2. The van der Waals surface area contributed by atoms with E-state index >= 15 is 0 Å². The lowest BCUT2D eigenvalue weighted by Gasteiger charge is -2.31. The number of hydrogen-bond acceptors (Lipinski definition) is 5. The van der Waals surface area contributed by atoms with Crippen molar-refractivity contribution >= 4 is 11.7 Å². The van der Waals surface area contributed by atoms with Crippen molar-refractivity contribution in [1.82, 2.24) is 19.7 Å². The van der Waals surface area contributed by atoms with Crippen LogP contribution in [-0.2, 0) is 11.3 Å². The van der Waals surface area contributed by atoms with Gasteiger partial charge in [0.15, 0.2) is 0 Å². The highest BCUT2D eigenvalue weighted by molar-refractivity contribution is 5.99. The van der Waals surface area contributed by atoms with Gasteiger partial charge in [-0.3, -0.25) is 9.48 Å². The van der Waals surface area contributed by atoms with Crippen molar-refractivity contribution in [3.63, 3.8) is 0 Å². The Kier molecular flexibility index (Phi) is 4.65. The second-order valence-electron chi connectivity index (χ2n) is 6.50. The molecule has 0 aliphatic carbocycles. The lowest BCUT2D eigenvalue weighted by molar-refractivity contribution is 0.0720. The summed E-state index contributed by atoms with van der Waals surface area (Å²) in [6, 6.07) is 5.84. The van der Waals surface area contributed by atoms with Gasteiger partial charge >= 0.3 is 0 Å². The van der Waals surface area contributed by atoms with Crippen molar-refractivity contribution in [3.8, 4) is 0 Å². The SMILES string of the molecule is O=C(c1cccnc1N1CCOCC1)N1CCC[C@@H]1Cn1cccn1. The minimum absolute atomic E-state index is 0.0734. The molecule has 25 heavy (non-hydrogen) atoms. The second kappa shape index (κ2) is 7.23. The first-order chi connectivity index (χ1) is 12.3. The Labute approximate surface area is 147 Å². The second-order valence-corrected chi connectivity index (χ2v) is 6.50. The Hall–Kier alpha value is -2.41. The predicted molar refractivity (Wildman–Crippen MR) is 93.6 cm³/mol. The van der Waals surface area contributed by atoms with Crippen LogP contribution in [0.4, 0.5) is 5.82 Å². The van der Waals surface area contributed by atoms with Crippen LogP contribution in [0.25, 0.3) is 0 Å². The molecule has 2 aromatic heterocycles. The number of ether oxygens (including phenoxy) is 1. The molecule has 1 amide bonds. The molecule has 2 aliphatic heterocycles. The molecule has 0 aromatic carbocycles. The Balaban J connectivity index is 1.55. The van der Waals surface area contributed by atoms with Gasteiger partial charge < -0.3 is 14.5 Å². The van der Waals surface area contributed by atoms with Crippen molar-refractivity contribution in [2.75, 3.05) is 37.7 Å². The maximum Gasteiger partial charge on any atom is 0.257 e. The van der Waals surface area contributed by atoms with Crippen LogP contribution < -0.4 is 4.90 Å². The molecule has 4 rings (SSSR count). The largest absolute Gasteiger partial charge is 0.378 e. The molecule has 0 radical (unpaired) electrons. The number of amides is 1. The Morgan fingerprint density at radius 2 is 2.08 bits per heavy atom. The maximum atomic E-state index is 13.2. The number of pyridine rings is 1. The van der Waals surface area contributed by atoms with Gasteiger partial charge in [-0.2, -0.15) is 5.10 Å². The lowest BCUT2D eigenvalue weighted by atomic mass is 10.1. The number of hydrogen-bond donors (Lipinski definition) is 0. The summed E-state index contributed by atoms with van der Waals surface area (Å²) in [4.78, 5) is 21.9. The van der Waals surface area contributed by atoms with E-state index in [0.717, 1.165) is 44.8 Å². The molecule has 2 saturated heterocycles. The number of anilines is 1. The molecule has 0 spiro atoms. The van der Waals surface area contributed by atoms with Gasteiger partial charge in [0.25, 0.3) is 5.91 Å². The fourth-order valence-electron chi connectivity index (χ4n) is 3.66. The summed E-state index contributed by atoms with van der Waals surface area (Å²) in [6.07, 6.45) is 7.53. The van der Waals surface area contributed by atoms with Gasteiger partial charge in [0.1, 0.15) is 5.82 Å². The van der Waals surface area contributed by atoms with Crippen LogP contribution in [0.15, 0.2) is 36.8 Å².